The van der Waals surface area contributed by atoms with Gasteiger partial charge in [-0.05, 0) is 24.6 Å². The van der Waals surface area contributed by atoms with E-state index < -0.39 is 0 Å². The molecule has 0 bridgehead atoms. The van der Waals surface area contributed by atoms with Crippen molar-refractivity contribution < 1.29 is 0 Å². The first-order chi connectivity index (χ1) is 13.0. The van der Waals surface area contributed by atoms with Gasteiger partial charge in [0, 0.05) is 33.5 Å². The van der Waals surface area contributed by atoms with Gasteiger partial charge in [-0.25, -0.2) is 15.0 Å². The van der Waals surface area contributed by atoms with Crippen molar-refractivity contribution in [3.8, 4) is 12.0 Å². The zero-order valence-corrected chi connectivity index (χ0v) is 15.4. The van der Waals surface area contributed by atoms with Crippen molar-refractivity contribution in [1.29, 1.82) is 5.26 Å². The lowest BCUT2D eigenvalue weighted by Crippen LogP contribution is -2.11. The fraction of sp³-hybridized carbons (Fsp3) is 0.235. The van der Waals surface area contributed by atoms with Crippen molar-refractivity contribution in [2.24, 2.45) is 10.2 Å². The van der Waals surface area contributed by atoms with Gasteiger partial charge in [0.2, 0.25) is 0 Å². The molecule has 0 aromatic carbocycles. The average Bonchev–Trinajstić information content (AvgIpc) is 3.09. The highest BCUT2D eigenvalue weighted by Crippen LogP contribution is 2.32. The Kier molecular flexibility index (Phi) is 5.03. The van der Waals surface area contributed by atoms with Crippen LogP contribution >= 0.6 is 0 Å². The van der Waals surface area contributed by atoms with Gasteiger partial charge in [-0.1, -0.05) is 0 Å². The molecule has 0 radical (unpaired) electrons. The maximum atomic E-state index is 9.35. The topological polar surface area (TPSA) is 120 Å². The number of azo groups is 1. The summed E-state index contributed by atoms with van der Waals surface area (Å²) in [5.41, 5.74) is 1.74. The summed E-state index contributed by atoms with van der Waals surface area (Å²) in [5, 5.41) is 25.1. The van der Waals surface area contributed by atoms with Crippen LogP contribution in [0.4, 0.5) is 23.1 Å². The van der Waals surface area contributed by atoms with Gasteiger partial charge < -0.3 is 10.2 Å². The first-order valence-corrected chi connectivity index (χ1v) is 8.09. The van der Waals surface area contributed by atoms with Crippen LogP contribution in [0.1, 0.15) is 11.1 Å². The second kappa shape index (κ2) is 7.57. The number of hydrogen-bond acceptors (Lipinski definition) is 9. The Morgan fingerprint density at radius 2 is 1.96 bits per heavy atom. The summed E-state index contributed by atoms with van der Waals surface area (Å²) >= 11 is 0. The number of pyridine rings is 1. The summed E-state index contributed by atoms with van der Waals surface area (Å²) in [5.74, 6) is 1.95. The monoisotopic (exact) mass is 362 g/mol. The molecule has 0 fully saturated rings. The van der Waals surface area contributed by atoms with E-state index in [-0.39, 0.29) is 11.4 Å². The van der Waals surface area contributed by atoms with E-state index in [0.29, 0.717) is 17.5 Å². The number of rotatable bonds is 5. The molecule has 0 unspecified atom stereocenters. The van der Waals surface area contributed by atoms with Crippen LogP contribution in [0.5, 0.6) is 0 Å². The van der Waals surface area contributed by atoms with E-state index in [1.54, 1.807) is 25.5 Å². The molecule has 10 heteroatoms. The molecule has 0 saturated carbocycles. The van der Waals surface area contributed by atoms with E-state index in [9.17, 15) is 5.26 Å². The van der Waals surface area contributed by atoms with Crippen molar-refractivity contribution in [3.05, 3.63) is 41.9 Å². The molecular weight excluding hydrogens is 344 g/mol. The smallest absolute Gasteiger partial charge is 0.252 e. The zero-order chi connectivity index (χ0) is 19.4. The van der Waals surface area contributed by atoms with Crippen LogP contribution in [0.3, 0.4) is 0 Å². The molecule has 0 aliphatic heterocycles. The second-order valence-electron chi connectivity index (χ2n) is 5.79. The molecule has 0 aliphatic carbocycles. The van der Waals surface area contributed by atoms with E-state index in [0.717, 1.165) is 11.4 Å². The van der Waals surface area contributed by atoms with E-state index in [1.165, 1.54) is 10.9 Å². The average molecular weight is 362 g/mol. The lowest BCUT2D eigenvalue weighted by atomic mass is 10.2. The largest absolute Gasteiger partial charge is 0.371 e. The van der Waals surface area contributed by atoms with Crippen LogP contribution in [0.15, 0.2) is 41.0 Å². The summed E-state index contributed by atoms with van der Waals surface area (Å²) in [6.45, 7) is 1.92. The number of nitrogens with zero attached hydrogens (tertiary/aromatic N) is 9. The molecule has 0 spiro atoms. The molecular formula is C17H18N10. The third-order valence-corrected chi connectivity index (χ3v) is 3.72. The number of hydrogen-bond donors (Lipinski definition) is 1. The molecule has 0 aliphatic rings. The van der Waals surface area contributed by atoms with Gasteiger partial charge in [0.1, 0.15) is 23.1 Å². The fourth-order valence-electron chi connectivity index (χ4n) is 2.34. The molecule has 3 aromatic heterocycles. The maximum Gasteiger partial charge on any atom is 0.252 e. The van der Waals surface area contributed by atoms with Gasteiger partial charge in [-0.3, -0.25) is 0 Å². The Morgan fingerprint density at radius 3 is 2.59 bits per heavy atom. The van der Waals surface area contributed by atoms with E-state index in [1.807, 2.05) is 32.0 Å². The molecule has 3 aromatic rings. The quantitative estimate of drug-likeness (QED) is 0.693. The highest BCUT2D eigenvalue weighted by Gasteiger charge is 2.15. The Hall–Kier alpha value is -3.87. The highest BCUT2D eigenvalue weighted by atomic mass is 15.4. The molecule has 27 heavy (non-hydrogen) atoms. The molecule has 0 atom stereocenters. The molecule has 1 N–H and O–H groups in total. The second-order valence-corrected chi connectivity index (χ2v) is 5.79. The van der Waals surface area contributed by atoms with Gasteiger partial charge in [0.25, 0.3) is 5.95 Å². The Labute approximate surface area is 156 Å². The minimum Gasteiger partial charge on any atom is -0.371 e. The molecule has 10 nitrogen and oxygen atoms in total. The van der Waals surface area contributed by atoms with Gasteiger partial charge in [0.05, 0.1) is 6.20 Å². The zero-order valence-electron chi connectivity index (χ0n) is 15.4. The summed E-state index contributed by atoms with van der Waals surface area (Å²) in [4.78, 5) is 14.7. The predicted molar refractivity (Wildman–Crippen MR) is 101 cm³/mol. The van der Waals surface area contributed by atoms with Crippen LogP contribution in [0.25, 0.3) is 5.95 Å². The Morgan fingerprint density at radius 1 is 1.22 bits per heavy atom. The summed E-state index contributed by atoms with van der Waals surface area (Å²) in [6.07, 6.45) is 4.58. The Bertz CT molecular complexity index is 1010. The number of anilines is 2. The lowest BCUT2D eigenvalue weighted by molar-refractivity contribution is 0.803. The summed E-state index contributed by atoms with van der Waals surface area (Å²) < 4.78 is 1.37. The van der Waals surface area contributed by atoms with Gasteiger partial charge in [-0.2, -0.15) is 15.0 Å². The SMILES string of the molecule is CNc1nc(N(C)C)cc(C)c1/N=N/c1c(C#N)cnn1-c1ncccn1. The highest BCUT2D eigenvalue weighted by molar-refractivity contribution is 5.68. The van der Waals surface area contributed by atoms with Crippen molar-refractivity contribution >= 4 is 23.1 Å². The normalized spacial score (nSPS) is 10.8. The standard InChI is InChI=1S/C17H18N10/c1-11-8-13(26(3)4)23-15(19-2)14(11)24-25-16-12(9-18)10-22-27(16)17-20-6-5-7-21-17/h5-8,10H,1-4H3,(H,19,23)/b25-24+. The molecule has 3 heterocycles. The molecule has 0 saturated heterocycles. The number of nitrogens with one attached hydrogen (secondary N) is 1. The third-order valence-electron chi connectivity index (χ3n) is 3.72. The minimum absolute atomic E-state index is 0.252. The van der Waals surface area contributed by atoms with E-state index in [2.05, 4.69) is 41.7 Å². The van der Waals surface area contributed by atoms with Crippen molar-refractivity contribution in [3.63, 3.8) is 0 Å². The van der Waals surface area contributed by atoms with Gasteiger partial charge in [0.15, 0.2) is 11.6 Å². The maximum absolute atomic E-state index is 9.35. The summed E-state index contributed by atoms with van der Waals surface area (Å²) in [7, 11) is 5.60. The van der Waals surface area contributed by atoms with E-state index >= 15 is 0 Å². The summed E-state index contributed by atoms with van der Waals surface area (Å²) in [6, 6.07) is 5.67. The minimum atomic E-state index is 0.252. The van der Waals surface area contributed by atoms with E-state index in [4.69, 9.17) is 0 Å². The molecule has 0 amide bonds. The van der Waals surface area contributed by atoms with Crippen molar-refractivity contribution in [1.82, 2.24) is 24.7 Å². The van der Waals surface area contributed by atoms with Crippen LogP contribution in [0.2, 0.25) is 0 Å². The first kappa shape index (κ1) is 17.9. The molecule has 3 rings (SSSR count). The fourth-order valence-corrected chi connectivity index (χ4v) is 2.34. The Balaban J connectivity index is 2.08. The van der Waals surface area contributed by atoms with Crippen LogP contribution in [-0.2, 0) is 0 Å². The number of aryl methyl sites for hydroxylation is 1. The van der Waals surface area contributed by atoms with Crippen LogP contribution < -0.4 is 10.2 Å². The third kappa shape index (κ3) is 3.57. The van der Waals surface area contributed by atoms with Crippen LogP contribution in [-0.4, -0.2) is 45.9 Å². The predicted octanol–water partition coefficient (Wildman–Crippen LogP) is 2.76. The van der Waals surface area contributed by atoms with Crippen molar-refractivity contribution in [2.75, 3.05) is 31.4 Å². The van der Waals surface area contributed by atoms with Crippen molar-refractivity contribution in [2.45, 2.75) is 6.92 Å². The first-order valence-electron chi connectivity index (χ1n) is 8.09. The number of aromatic nitrogens is 5. The molecule has 136 valence electrons. The number of nitriles is 1. The van der Waals surface area contributed by atoms with Crippen LogP contribution in [0, 0.1) is 18.3 Å². The lowest BCUT2D eigenvalue weighted by Gasteiger charge is -2.15. The van der Waals surface area contributed by atoms with Gasteiger partial charge in [-0.15, -0.1) is 10.2 Å². The van der Waals surface area contributed by atoms with Gasteiger partial charge >= 0.3 is 0 Å².